The summed E-state index contributed by atoms with van der Waals surface area (Å²) in [5, 5.41) is 11.5. The summed E-state index contributed by atoms with van der Waals surface area (Å²) in [4.78, 5) is 8.53. The molecule has 2 aromatic rings. The molecule has 1 saturated heterocycles. The van der Waals surface area contributed by atoms with E-state index >= 15 is 0 Å². The smallest absolute Gasteiger partial charge is 0.188 e. The molecule has 0 amide bonds. The van der Waals surface area contributed by atoms with Crippen LogP contribution >= 0.6 is 0 Å². The van der Waals surface area contributed by atoms with Crippen LogP contribution in [0.25, 0.3) is 0 Å². The minimum atomic E-state index is -0.161. The van der Waals surface area contributed by atoms with Crippen molar-refractivity contribution in [1.29, 1.82) is 0 Å². The third-order valence-electron chi connectivity index (χ3n) is 4.56. The summed E-state index contributed by atoms with van der Waals surface area (Å²) in [6.45, 7) is 4.97. The average Bonchev–Trinajstić information content (AvgIpc) is 2.72. The zero-order valence-electron chi connectivity index (χ0n) is 15.1. The maximum absolute atomic E-state index is 13.9. The highest BCUT2D eigenvalue weighted by atomic mass is 19.1. The number of rotatable bonds is 7. The molecule has 0 radical (unpaired) electrons. The molecule has 1 aliphatic heterocycles. The summed E-state index contributed by atoms with van der Waals surface area (Å²) in [6.07, 6.45) is 2.45. The third kappa shape index (κ3) is 5.07. The van der Waals surface area contributed by atoms with Crippen molar-refractivity contribution >= 4 is 11.5 Å². The lowest BCUT2D eigenvalue weighted by atomic mass is 10.2. The molecular weight excluding hydrogens is 349 g/mol. The average molecular weight is 373 g/mol. The molecule has 27 heavy (non-hydrogen) atoms. The van der Waals surface area contributed by atoms with Gasteiger partial charge in [0, 0.05) is 32.7 Å². The van der Waals surface area contributed by atoms with E-state index in [9.17, 15) is 4.39 Å². The summed E-state index contributed by atoms with van der Waals surface area (Å²) < 4.78 is 19.5. The van der Waals surface area contributed by atoms with Crippen molar-refractivity contribution in [3.8, 4) is 5.75 Å². The highest BCUT2D eigenvalue weighted by Gasteiger charge is 2.18. The Kier molecular flexibility index (Phi) is 6.43. The molecule has 0 spiro atoms. The first kappa shape index (κ1) is 18.9. The van der Waals surface area contributed by atoms with Gasteiger partial charge < -0.3 is 20.6 Å². The van der Waals surface area contributed by atoms with Gasteiger partial charge in [-0.2, -0.15) is 0 Å². The van der Waals surface area contributed by atoms with Gasteiger partial charge in [0.15, 0.2) is 5.84 Å². The minimum Gasteiger partial charge on any atom is -0.492 e. The molecule has 144 valence electrons. The van der Waals surface area contributed by atoms with E-state index in [0.29, 0.717) is 23.7 Å². The molecule has 0 atom stereocenters. The standard InChI is InChI=1S/C19H24FN5O2/c20-16-4-1-2-5-18(16)25-11-9-24(10-12-25)8-3-13-27-15-6-7-17(22-14-15)19(21)23-26/h1-2,4-7,14,26H,3,8-13H2,(H2,21,23). The normalized spacial score (nSPS) is 15.7. The number of amidine groups is 1. The van der Waals surface area contributed by atoms with E-state index in [-0.39, 0.29) is 11.7 Å². The second-order valence-electron chi connectivity index (χ2n) is 6.35. The first-order valence-electron chi connectivity index (χ1n) is 8.96. The molecule has 1 aromatic heterocycles. The molecule has 1 aliphatic rings. The Bertz CT molecular complexity index is 761. The number of halogens is 1. The molecule has 0 bridgehead atoms. The van der Waals surface area contributed by atoms with E-state index in [0.717, 1.165) is 39.1 Å². The molecule has 3 N–H and O–H groups in total. The Balaban J connectivity index is 1.36. The van der Waals surface area contributed by atoms with Crippen LogP contribution in [-0.4, -0.2) is 60.3 Å². The van der Waals surface area contributed by atoms with Gasteiger partial charge in [0.25, 0.3) is 0 Å². The highest BCUT2D eigenvalue weighted by molar-refractivity contribution is 5.95. The van der Waals surface area contributed by atoms with Crippen molar-refractivity contribution in [3.05, 3.63) is 54.1 Å². The Labute approximate surface area is 157 Å². The largest absolute Gasteiger partial charge is 0.492 e. The van der Waals surface area contributed by atoms with Gasteiger partial charge in [-0.1, -0.05) is 17.3 Å². The molecule has 1 fully saturated rings. The summed E-state index contributed by atoms with van der Waals surface area (Å²) >= 11 is 0. The lowest BCUT2D eigenvalue weighted by Gasteiger charge is -2.36. The fourth-order valence-corrected chi connectivity index (χ4v) is 3.07. The van der Waals surface area contributed by atoms with Crippen LogP contribution in [0.3, 0.4) is 0 Å². The first-order chi connectivity index (χ1) is 13.2. The quantitative estimate of drug-likeness (QED) is 0.253. The number of ether oxygens (including phenoxy) is 1. The van der Waals surface area contributed by atoms with Crippen molar-refractivity contribution in [2.24, 2.45) is 10.9 Å². The lowest BCUT2D eigenvalue weighted by molar-refractivity contribution is 0.224. The Morgan fingerprint density at radius 3 is 2.63 bits per heavy atom. The van der Waals surface area contributed by atoms with E-state index < -0.39 is 0 Å². The zero-order chi connectivity index (χ0) is 19.1. The molecule has 7 nitrogen and oxygen atoms in total. The van der Waals surface area contributed by atoms with Crippen LogP contribution in [0.5, 0.6) is 5.75 Å². The monoisotopic (exact) mass is 373 g/mol. The number of anilines is 1. The van der Waals surface area contributed by atoms with Crippen molar-refractivity contribution in [1.82, 2.24) is 9.88 Å². The fourth-order valence-electron chi connectivity index (χ4n) is 3.07. The van der Waals surface area contributed by atoms with Crippen molar-refractivity contribution in [3.63, 3.8) is 0 Å². The number of para-hydroxylation sites is 1. The lowest BCUT2D eigenvalue weighted by Crippen LogP contribution is -2.47. The van der Waals surface area contributed by atoms with Crippen LogP contribution in [0, 0.1) is 5.82 Å². The summed E-state index contributed by atoms with van der Waals surface area (Å²) in [5.74, 6) is 0.455. The Hall–Kier alpha value is -2.87. The van der Waals surface area contributed by atoms with E-state index in [1.165, 1.54) is 6.07 Å². The van der Waals surface area contributed by atoms with Crippen molar-refractivity contribution in [2.45, 2.75) is 6.42 Å². The number of aromatic nitrogens is 1. The van der Waals surface area contributed by atoms with Gasteiger partial charge in [0.05, 0.1) is 18.5 Å². The van der Waals surface area contributed by atoms with Crippen LogP contribution in [0.1, 0.15) is 12.1 Å². The molecule has 0 unspecified atom stereocenters. The van der Waals surface area contributed by atoms with Crippen molar-refractivity contribution < 1.29 is 14.3 Å². The molecule has 0 aliphatic carbocycles. The number of benzene rings is 1. The summed E-state index contributed by atoms with van der Waals surface area (Å²) in [5.41, 5.74) is 6.55. The Morgan fingerprint density at radius 1 is 1.19 bits per heavy atom. The van der Waals surface area contributed by atoms with Gasteiger partial charge in [-0.3, -0.25) is 4.90 Å². The van der Waals surface area contributed by atoms with E-state index in [2.05, 4.69) is 19.9 Å². The second kappa shape index (κ2) is 9.18. The van der Waals surface area contributed by atoms with Gasteiger partial charge >= 0.3 is 0 Å². The van der Waals surface area contributed by atoms with Gasteiger partial charge in [-0.15, -0.1) is 0 Å². The summed E-state index contributed by atoms with van der Waals surface area (Å²) in [7, 11) is 0. The molecular formula is C19H24FN5O2. The number of piperazine rings is 1. The van der Waals surface area contributed by atoms with Crippen LogP contribution in [0.2, 0.25) is 0 Å². The minimum absolute atomic E-state index is 0.0314. The predicted octanol–water partition coefficient (Wildman–Crippen LogP) is 1.91. The first-order valence-corrected chi connectivity index (χ1v) is 8.96. The molecule has 3 rings (SSSR count). The van der Waals surface area contributed by atoms with E-state index in [4.69, 9.17) is 15.7 Å². The third-order valence-corrected chi connectivity index (χ3v) is 4.56. The van der Waals surface area contributed by atoms with E-state index in [1.807, 2.05) is 12.1 Å². The van der Waals surface area contributed by atoms with Gasteiger partial charge in [-0.05, 0) is 30.7 Å². The SMILES string of the molecule is NC(=NO)c1ccc(OCCCN2CCN(c3ccccc3F)CC2)cn1. The number of nitrogens with two attached hydrogens (primary N) is 1. The van der Waals surface area contributed by atoms with Crippen LogP contribution in [0.4, 0.5) is 10.1 Å². The summed E-state index contributed by atoms with van der Waals surface area (Å²) in [6, 6.07) is 10.3. The van der Waals surface area contributed by atoms with Crippen LogP contribution in [0.15, 0.2) is 47.8 Å². The van der Waals surface area contributed by atoms with E-state index in [1.54, 1.807) is 24.4 Å². The predicted molar refractivity (Wildman–Crippen MR) is 102 cm³/mol. The highest BCUT2D eigenvalue weighted by Crippen LogP contribution is 2.20. The van der Waals surface area contributed by atoms with Crippen LogP contribution < -0.4 is 15.4 Å². The van der Waals surface area contributed by atoms with Crippen molar-refractivity contribution in [2.75, 3.05) is 44.2 Å². The Morgan fingerprint density at radius 2 is 1.96 bits per heavy atom. The van der Waals surface area contributed by atoms with Gasteiger partial charge in [-0.25, -0.2) is 9.37 Å². The second-order valence-corrected chi connectivity index (χ2v) is 6.35. The van der Waals surface area contributed by atoms with Gasteiger partial charge in [0.1, 0.15) is 17.3 Å². The molecule has 8 heteroatoms. The molecule has 0 saturated carbocycles. The number of pyridine rings is 1. The zero-order valence-corrected chi connectivity index (χ0v) is 15.1. The number of hydrogen-bond acceptors (Lipinski definition) is 6. The topological polar surface area (TPSA) is 87.2 Å². The van der Waals surface area contributed by atoms with Crippen LogP contribution in [-0.2, 0) is 0 Å². The van der Waals surface area contributed by atoms with Gasteiger partial charge in [0.2, 0.25) is 0 Å². The number of nitrogens with zero attached hydrogens (tertiary/aromatic N) is 4. The number of oxime groups is 1. The maximum Gasteiger partial charge on any atom is 0.188 e. The maximum atomic E-state index is 13.9. The fraction of sp³-hybridized carbons (Fsp3) is 0.368. The molecule has 2 heterocycles. The number of hydrogen-bond donors (Lipinski definition) is 2. The molecule has 1 aromatic carbocycles.